The number of nitrogens with zero attached hydrogens (tertiary/aromatic N) is 1. The minimum Gasteiger partial charge on any atom is -0.281 e. The topological polar surface area (TPSA) is 74.8 Å². The molecule has 0 saturated carbocycles. The van der Waals surface area contributed by atoms with E-state index in [1.165, 1.54) is 0 Å². The molecule has 2 N–H and O–H groups in total. The smallest absolute Gasteiger partial charge is 0.244 e. The molecule has 0 saturated heterocycles. The predicted octanol–water partition coefficient (Wildman–Crippen LogP) is 1.32. The summed E-state index contributed by atoms with van der Waals surface area (Å²) < 4.78 is 26.7. The number of halogens is 1. The van der Waals surface area contributed by atoms with Crippen molar-refractivity contribution < 1.29 is 8.42 Å². The number of nitrogens with one attached hydrogen (secondary N) is 2. The molecule has 0 aliphatic heterocycles. The molecule has 0 aliphatic rings. The predicted molar refractivity (Wildman–Crippen MR) is 63.2 cm³/mol. The minimum atomic E-state index is -3.58. The molecule has 0 aliphatic carbocycles. The summed E-state index contributed by atoms with van der Waals surface area (Å²) in [4.78, 5) is 0.200. The molecule has 0 unspecified atom stereocenters. The van der Waals surface area contributed by atoms with E-state index in [0.717, 1.165) is 0 Å². The van der Waals surface area contributed by atoms with Gasteiger partial charge in [0.15, 0.2) is 0 Å². The van der Waals surface area contributed by atoms with E-state index >= 15 is 0 Å². The van der Waals surface area contributed by atoms with Crippen LogP contribution in [0.2, 0.25) is 0 Å². The number of sulfonamides is 1. The average molecular weight is 266 g/mol. The van der Waals surface area contributed by atoms with Crippen LogP contribution in [0.3, 0.4) is 0 Å². The minimum absolute atomic E-state index is 0.197. The number of aromatic amines is 1. The van der Waals surface area contributed by atoms with Crippen LogP contribution >= 0.6 is 11.6 Å². The van der Waals surface area contributed by atoms with Gasteiger partial charge >= 0.3 is 0 Å². The van der Waals surface area contributed by atoms with Crippen LogP contribution in [-0.2, 0) is 10.0 Å². The quantitative estimate of drug-likeness (QED) is 0.807. The third kappa shape index (κ3) is 2.75. The van der Waals surface area contributed by atoms with Gasteiger partial charge in [-0.25, -0.2) is 13.1 Å². The number of hydrogen-bond acceptors (Lipinski definition) is 3. The summed E-state index contributed by atoms with van der Waals surface area (Å²) >= 11 is 5.69. The van der Waals surface area contributed by atoms with Crippen LogP contribution in [0.4, 0.5) is 0 Å². The molecule has 5 nitrogen and oxygen atoms in total. The molecule has 0 amide bonds. The number of aromatic nitrogens is 2. The average Bonchev–Trinajstić information content (AvgIpc) is 2.44. The maximum atomic E-state index is 12.1. The first-order valence-corrected chi connectivity index (χ1v) is 6.83. The van der Waals surface area contributed by atoms with Gasteiger partial charge < -0.3 is 0 Å². The molecule has 0 bridgehead atoms. The molecule has 1 aromatic heterocycles. The molecule has 7 heteroatoms. The fourth-order valence-corrected chi connectivity index (χ4v) is 3.31. The Morgan fingerprint density at radius 3 is 2.38 bits per heavy atom. The molecular weight excluding hydrogens is 250 g/mol. The largest absolute Gasteiger partial charge is 0.281 e. The van der Waals surface area contributed by atoms with Gasteiger partial charge in [-0.05, 0) is 27.7 Å². The lowest BCUT2D eigenvalue weighted by Crippen LogP contribution is -2.45. The van der Waals surface area contributed by atoms with Crippen molar-refractivity contribution in [2.75, 3.05) is 5.88 Å². The summed E-state index contributed by atoms with van der Waals surface area (Å²) in [5.41, 5.74) is 0.294. The van der Waals surface area contributed by atoms with Crippen molar-refractivity contribution >= 4 is 21.6 Å². The number of hydrogen-bond donors (Lipinski definition) is 2. The summed E-state index contributed by atoms with van der Waals surface area (Å²) in [5.74, 6) is 0.197. The highest BCUT2D eigenvalue weighted by Crippen LogP contribution is 2.19. The van der Waals surface area contributed by atoms with Gasteiger partial charge in [0.1, 0.15) is 4.90 Å². The molecule has 1 heterocycles. The molecule has 0 radical (unpaired) electrons. The first-order valence-electron chi connectivity index (χ1n) is 4.81. The molecule has 0 aromatic carbocycles. The zero-order valence-electron chi connectivity index (χ0n) is 9.76. The zero-order chi connectivity index (χ0) is 12.6. The van der Waals surface area contributed by atoms with Gasteiger partial charge in [0.2, 0.25) is 10.0 Å². The Morgan fingerprint density at radius 1 is 1.44 bits per heavy atom. The Balaban J connectivity index is 3.14. The van der Waals surface area contributed by atoms with Crippen molar-refractivity contribution in [3.63, 3.8) is 0 Å². The van der Waals surface area contributed by atoms with E-state index in [0.29, 0.717) is 11.4 Å². The Kier molecular flexibility index (Phi) is 3.66. The van der Waals surface area contributed by atoms with Crippen LogP contribution < -0.4 is 4.72 Å². The summed E-state index contributed by atoms with van der Waals surface area (Å²) in [6, 6.07) is 0. The van der Waals surface area contributed by atoms with E-state index < -0.39 is 15.6 Å². The van der Waals surface area contributed by atoms with E-state index in [-0.39, 0.29) is 10.8 Å². The molecule has 0 fully saturated rings. The molecule has 0 atom stereocenters. The monoisotopic (exact) mass is 265 g/mol. The van der Waals surface area contributed by atoms with Crippen LogP contribution in [-0.4, -0.2) is 30.0 Å². The molecular formula is C9H16ClN3O2S. The van der Waals surface area contributed by atoms with Gasteiger partial charge in [-0.2, -0.15) is 5.10 Å². The highest BCUT2D eigenvalue weighted by Gasteiger charge is 2.29. The van der Waals surface area contributed by atoms with Crippen LogP contribution in [0.1, 0.15) is 25.2 Å². The Bertz CT molecular complexity index is 459. The fraction of sp³-hybridized carbons (Fsp3) is 0.667. The lowest BCUT2D eigenvalue weighted by Gasteiger charge is -2.22. The van der Waals surface area contributed by atoms with Crippen molar-refractivity contribution in [1.29, 1.82) is 0 Å². The number of rotatable bonds is 4. The molecule has 16 heavy (non-hydrogen) atoms. The lowest BCUT2D eigenvalue weighted by atomic mass is 10.1. The van der Waals surface area contributed by atoms with Crippen LogP contribution in [0.5, 0.6) is 0 Å². The molecule has 1 aromatic rings. The summed E-state index contributed by atoms with van der Waals surface area (Å²) in [7, 11) is -3.58. The SMILES string of the molecule is Cc1n[nH]c(C)c1S(=O)(=O)NC(C)(C)CCl. The van der Waals surface area contributed by atoms with Crippen molar-refractivity contribution in [3.8, 4) is 0 Å². The van der Waals surface area contributed by atoms with E-state index in [2.05, 4.69) is 14.9 Å². The van der Waals surface area contributed by atoms with Gasteiger partial charge in [0.05, 0.1) is 11.4 Å². The first-order chi connectivity index (χ1) is 7.19. The van der Waals surface area contributed by atoms with Gasteiger partial charge in [-0.3, -0.25) is 5.10 Å². The van der Waals surface area contributed by atoms with Crippen LogP contribution in [0, 0.1) is 13.8 Å². The summed E-state index contributed by atoms with van der Waals surface area (Å²) in [6.07, 6.45) is 0. The summed E-state index contributed by atoms with van der Waals surface area (Å²) in [6.45, 7) is 6.76. The second kappa shape index (κ2) is 4.35. The standard InChI is InChI=1S/C9H16ClN3O2S/c1-6-8(7(2)12-11-6)16(14,15)13-9(3,4)5-10/h13H,5H2,1-4H3,(H,11,12). The van der Waals surface area contributed by atoms with E-state index in [4.69, 9.17) is 11.6 Å². The van der Waals surface area contributed by atoms with Gasteiger partial charge in [-0.15, -0.1) is 11.6 Å². The zero-order valence-corrected chi connectivity index (χ0v) is 11.3. The highest BCUT2D eigenvalue weighted by molar-refractivity contribution is 7.89. The van der Waals surface area contributed by atoms with Crippen molar-refractivity contribution in [1.82, 2.24) is 14.9 Å². The summed E-state index contributed by atoms with van der Waals surface area (Å²) in [5, 5.41) is 6.51. The Morgan fingerprint density at radius 2 is 2.00 bits per heavy atom. The Hall–Kier alpha value is -0.590. The van der Waals surface area contributed by atoms with Gasteiger partial charge in [-0.1, -0.05) is 0 Å². The molecule has 1 rings (SSSR count). The number of alkyl halides is 1. The second-order valence-electron chi connectivity index (χ2n) is 4.39. The first kappa shape index (κ1) is 13.5. The van der Waals surface area contributed by atoms with Crippen molar-refractivity contribution in [3.05, 3.63) is 11.4 Å². The van der Waals surface area contributed by atoms with Crippen molar-refractivity contribution in [2.24, 2.45) is 0 Å². The van der Waals surface area contributed by atoms with Crippen LogP contribution in [0.15, 0.2) is 4.90 Å². The van der Waals surface area contributed by atoms with E-state index in [1.54, 1.807) is 27.7 Å². The normalized spacial score (nSPS) is 13.1. The van der Waals surface area contributed by atoms with Gasteiger partial charge in [0.25, 0.3) is 0 Å². The molecule has 92 valence electrons. The highest BCUT2D eigenvalue weighted by atomic mass is 35.5. The number of aryl methyl sites for hydroxylation is 2. The van der Waals surface area contributed by atoms with Crippen molar-refractivity contribution in [2.45, 2.75) is 38.1 Å². The fourth-order valence-electron chi connectivity index (χ4n) is 1.38. The van der Waals surface area contributed by atoms with Gasteiger partial charge in [0, 0.05) is 11.4 Å². The maximum absolute atomic E-state index is 12.1. The van der Waals surface area contributed by atoms with E-state index in [9.17, 15) is 8.42 Å². The number of H-pyrrole nitrogens is 1. The molecule has 0 spiro atoms. The lowest BCUT2D eigenvalue weighted by molar-refractivity contribution is 0.495. The third-order valence-corrected chi connectivity index (χ3v) is 4.70. The second-order valence-corrected chi connectivity index (χ2v) is 6.27. The Labute approximate surface area is 101 Å². The van der Waals surface area contributed by atoms with E-state index in [1.807, 2.05) is 0 Å². The van der Waals surface area contributed by atoms with Crippen LogP contribution in [0.25, 0.3) is 0 Å². The maximum Gasteiger partial charge on any atom is 0.244 e. The third-order valence-electron chi connectivity index (χ3n) is 2.07.